The van der Waals surface area contributed by atoms with Gasteiger partial charge in [0.05, 0.1) is 18.7 Å². The Balaban J connectivity index is 1.78. The molecule has 1 fully saturated rings. The SMILES string of the molecule is O=C1NCC(CN2CCc3ccc(C(=O)O)cc32)O1. The first-order chi connectivity index (χ1) is 9.13. The Labute approximate surface area is 110 Å². The highest BCUT2D eigenvalue weighted by Crippen LogP contribution is 2.29. The van der Waals surface area contributed by atoms with Crippen LogP contribution in [-0.4, -0.2) is 42.9 Å². The largest absolute Gasteiger partial charge is 0.478 e. The molecule has 6 nitrogen and oxygen atoms in total. The van der Waals surface area contributed by atoms with Crippen LogP contribution in [0.4, 0.5) is 10.5 Å². The van der Waals surface area contributed by atoms with Crippen LogP contribution in [0.1, 0.15) is 15.9 Å². The third-order valence-corrected chi connectivity index (χ3v) is 3.50. The predicted molar refractivity (Wildman–Crippen MR) is 67.6 cm³/mol. The van der Waals surface area contributed by atoms with Crippen molar-refractivity contribution in [3.05, 3.63) is 29.3 Å². The number of nitrogens with one attached hydrogen (secondary N) is 1. The summed E-state index contributed by atoms with van der Waals surface area (Å²) in [5.74, 6) is -0.927. The first-order valence-electron chi connectivity index (χ1n) is 6.19. The highest BCUT2D eigenvalue weighted by atomic mass is 16.6. The van der Waals surface area contributed by atoms with E-state index >= 15 is 0 Å². The second kappa shape index (κ2) is 4.46. The minimum atomic E-state index is -0.927. The van der Waals surface area contributed by atoms with E-state index in [1.807, 2.05) is 6.07 Å². The van der Waals surface area contributed by atoms with Gasteiger partial charge in [-0.15, -0.1) is 0 Å². The maximum Gasteiger partial charge on any atom is 0.407 e. The third-order valence-electron chi connectivity index (χ3n) is 3.50. The number of rotatable bonds is 3. The van der Waals surface area contributed by atoms with Crippen LogP contribution in [-0.2, 0) is 11.2 Å². The van der Waals surface area contributed by atoms with Crippen molar-refractivity contribution in [2.24, 2.45) is 0 Å². The van der Waals surface area contributed by atoms with Gasteiger partial charge in [0.1, 0.15) is 6.10 Å². The third kappa shape index (κ3) is 2.21. The Hall–Kier alpha value is -2.24. The van der Waals surface area contributed by atoms with Gasteiger partial charge < -0.3 is 20.1 Å². The minimum absolute atomic E-state index is 0.174. The van der Waals surface area contributed by atoms with E-state index in [-0.39, 0.29) is 17.8 Å². The van der Waals surface area contributed by atoms with Crippen molar-refractivity contribution in [3.8, 4) is 0 Å². The molecule has 0 aliphatic carbocycles. The quantitative estimate of drug-likeness (QED) is 0.844. The molecule has 1 atom stereocenters. The van der Waals surface area contributed by atoms with Crippen LogP contribution in [0.5, 0.6) is 0 Å². The molecule has 19 heavy (non-hydrogen) atoms. The number of amides is 1. The Morgan fingerprint density at radius 3 is 3.05 bits per heavy atom. The molecular weight excluding hydrogens is 248 g/mol. The molecule has 2 heterocycles. The molecule has 0 spiro atoms. The first-order valence-corrected chi connectivity index (χ1v) is 6.19. The monoisotopic (exact) mass is 262 g/mol. The molecule has 1 unspecified atom stereocenters. The molecule has 1 amide bonds. The van der Waals surface area contributed by atoms with Crippen LogP contribution in [0.25, 0.3) is 0 Å². The average molecular weight is 262 g/mol. The van der Waals surface area contributed by atoms with Crippen molar-refractivity contribution < 1.29 is 19.4 Å². The number of carbonyl (C=O) groups excluding carboxylic acids is 1. The van der Waals surface area contributed by atoms with E-state index < -0.39 is 5.97 Å². The number of nitrogens with zero attached hydrogens (tertiary/aromatic N) is 1. The van der Waals surface area contributed by atoms with Gasteiger partial charge in [-0.05, 0) is 24.1 Å². The highest BCUT2D eigenvalue weighted by molar-refractivity contribution is 5.89. The topological polar surface area (TPSA) is 78.9 Å². The molecule has 3 rings (SSSR count). The van der Waals surface area contributed by atoms with Crippen molar-refractivity contribution >= 4 is 17.7 Å². The van der Waals surface area contributed by atoms with E-state index in [0.29, 0.717) is 13.1 Å². The first kappa shape index (κ1) is 11.8. The second-order valence-corrected chi connectivity index (χ2v) is 4.75. The van der Waals surface area contributed by atoms with Crippen LogP contribution < -0.4 is 10.2 Å². The number of carboxylic acid groups (broad SMARTS) is 1. The zero-order valence-corrected chi connectivity index (χ0v) is 10.3. The zero-order valence-electron chi connectivity index (χ0n) is 10.3. The number of anilines is 1. The number of benzene rings is 1. The number of ether oxygens (including phenoxy) is 1. The number of alkyl carbamates (subject to hydrolysis) is 1. The molecule has 6 heteroatoms. The number of carbonyl (C=O) groups is 2. The lowest BCUT2D eigenvalue weighted by Gasteiger charge is -2.22. The van der Waals surface area contributed by atoms with Crippen LogP contribution in [0.15, 0.2) is 18.2 Å². The van der Waals surface area contributed by atoms with Crippen LogP contribution in [0, 0.1) is 0 Å². The Morgan fingerprint density at radius 2 is 2.37 bits per heavy atom. The molecule has 100 valence electrons. The Kier molecular flexibility index (Phi) is 2.77. The van der Waals surface area contributed by atoms with E-state index in [4.69, 9.17) is 9.84 Å². The van der Waals surface area contributed by atoms with Crippen molar-refractivity contribution in [2.75, 3.05) is 24.5 Å². The standard InChI is InChI=1S/C13H14N2O4/c16-12(17)9-2-1-8-3-4-15(11(8)5-9)7-10-6-14-13(18)19-10/h1-2,5,10H,3-4,6-7H2,(H,14,18)(H,16,17). The Morgan fingerprint density at radius 1 is 1.53 bits per heavy atom. The summed E-state index contributed by atoms with van der Waals surface area (Å²) in [6.45, 7) is 1.92. The second-order valence-electron chi connectivity index (χ2n) is 4.75. The number of carboxylic acids is 1. The van der Waals surface area contributed by atoms with Crippen molar-refractivity contribution in [1.82, 2.24) is 5.32 Å². The molecule has 0 aromatic heterocycles. The molecule has 1 aromatic rings. The summed E-state index contributed by atoms with van der Waals surface area (Å²) >= 11 is 0. The summed E-state index contributed by atoms with van der Waals surface area (Å²) in [6.07, 6.45) is 0.333. The number of hydrogen-bond donors (Lipinski definition) is 2. The van der Waals surface area contributed by atoms with Gasteiger partial charge in [0.2, 0.25) is 0 Å². The summed E-state index contributed by atoms with van der Waals surface area (Å²) in [5, 5.41) is 11.6. The lowest BCUT2D eigenvalue weighted by atomic mass is 10.1. The fourth-order valence-electron chi connectivity index (χ4n) is 2.55. The molecule has 0 radical (unpaired) electrons. The average Bonchev–Trinajstić information content (AvgIpc) is 2.96. The molecule has 1 aromatic carbocycles. The van der Waals surface area contributed by atoms with Gasteiger partial charge in [-0.2, -0.15) is 0 Å². The van der Waals surface area contributed by atoms with Crippen LogP contribution in [0.3, 0.4) is 0 Å². The van der Waals surface area contributed by atoms with Gasteiger partial charge in [-0.25, -0.2) is 9.59 Å². The van der Waals surface area contributed by atoms with E-state index in [1.54, 1.807) is 12.1 Å². The van der Waals surface area contributed by atoms with Gasteiger partial charge in [0, 0.05) is 12.2 Å². The molecular formula is C13H14N2O4. The number of hydrogen-bond acceptors (Lipinski definition) is 4. The highest BCUT2D eigenvalue weighted by Gasteiger charge is 2.28. The molecule has 2 aliphatic heterocycles. The summed E-state index contributed by atoms with van der Waals surface area (Å²) in [6, 6.07) is 5.17. The molecule has 0 bridgehead atoms. The number of cyclic esters (lactones) is 1. The minimum Gasteiger partial charge on any atom is -0.478 e. The number of fused-ring (bicyclic) bond motifs is 1. The van der Waals surface area contributed by atoms with E-state index in [9.17, 15) is 9.59 Å². The summed E-state index contributed by atoms with van der Waals surface area (Å²) in [5.41, 5.74) is 2.36. The van der Waals surface area contributed by atoms with Gasteiger partial charge in [-0.3, -0.25) is 0 Å². The van der Waals surface area contributed by atoms with E-state index in [2.05, 4.69) is 10.2 Å². The van der Waals surface area contributed by atoms with Crippen molar-refractivity contribution in [1.29, 1.82) is 0 Å². The predicted octanol–water partition coefficient (Wildman–Crippen LogP) is 0.856. The van der Waals surface area contributed by atoms with Gasteiger partial charge in [0.25, 0.3) is 0 Å². The van der Waals surface area contributed by atoms with Gasteiger partial charge >= 0.3 is 12.1 Å². The van der Waals surface area contributed by atoms with Crippen molar-refractivity contribution in [3.63, 3.8) is 0 Å². The lowest BCUT2D eigenvalue weighted by Crippen LogP contribution is -2.33. The van der Waals surface area contributed by atoms with Crippen molar-refractivity contribution in [2.45, 2.75) is 12.5 Å². The molecule has 1 saturated heterocycles. The van der Waals surface area contributed by atoms with Crippen LogP contribution >= 0.6 is 0 Å². The zero-order chi connectivity index (χ0) is 13.4. The summed E-state index contributed by atoms with van der Waals surface area (Å²) < 4.78 is 5.11. The fourth-order valence-corrected chi connectivity index (χ4v) is 2.55. The molecule has 2 aliphatic rings. The summed E-state index contributed by atoms with van der Waals surface area (Å²) in [4.78, 5) is 24.1. The van der Waals surface area contributed by atoms with Gasteiger partial charge in [-0.1, -0.05) is 6.07 Å². The van der Waals surface area contributed by atoms with E-state index in [1.165, 1.54) is 0 Å². The maximum atomic E-state index is 11.0. The number of aromatic carboxylic acids is 1. The molecule has 0 saturated carbocycles. The molecule has 2 N–H and O–H groups in total. The lowest BCUT2D eigenvalue weighted by molar-refractivity contribution is 0.0697. The Bertz CT molecular complexity index is 543. The smallest absolute Gasteiger partial charge is 0.407 e. The van der Waals surface area contributed by atoms with E-state index in [0.717, 1.165) is 24.2 Å². The van der Waals surface area contributed by atoms with Gasteiger partial charge in [0.15, 0.2) is 0 Å². The summed E-state index contributed by atoms with van der Waals surface area (Å²) in [7, 11) is 0. The van der Waals surface area contributed by atoms with Crippen LogP contribution in [0.2, 0.25) is 0 Å². The normalized spacial score (nSPS) is 20.9. The maximum absolute atomic E-state index is 11.0. The fraction of sp³-hybridized carbons (Fsp3) is 0.385.